The number of aromatic nitrogens is 1. The van der Waals surface area contributed by atoms with Gasteiger partial charge in [0.15, 0.2) is 0 Å². The van der Waals surface area contributed by atoms with Gasteiger partial charge in [-0.25, -0.2) is 0 Å². The molecule has 2 atom stereocenters. The van der Waals surface area contributed by atoms with Crippen molar-refractivity contribution in [2.75, 3.05) is 24.5 Å². The minimum atomic E-state index is -0.159. The summed E-state index contributed by atoms with van der Waals surface area (Å²) in [5.74, 6) is 2.40. The fourth-order valence-corrected chi connectivity index (χ4v) is 2.61. The third kappa shape index (κ3) is 4.47. The van der Waals surface area contributed by atoms with Gasteiger partial charge in [0.25, 0.3) is 5.91 Å². The second-order valence-corrected chi connectivity index (χ2v) is 5.63. The number of hydrogen-bond donors (Lipinski definition) is 1. The molecule has 0 unspecified atom stereocenters. The molecule has 0 aromatic carbocycles. The number of nitrogens with zero attached hydrogens (tertiary/aromatic N) is 2. The number of terminal acetylenes is 1. The molecule has 2 rings (SSSR count). The molecular formula is C17H23N3O2. The van der Waals surface area contributed by atoms with Crippen molar-refractivity contribution < 1.29 is 9.53 Å². The number of morpholine rings is 1. The number of rotatable bonds is 5. The maximum absolute atomic E-state index is 12.1. The number of carbonyl (C=O) groups is 1. The van der Waals surface area contributed by atoms with E-state index in [1.165, 1.54) is 0 Å². The normalized spacial score (nSPS) is 21.2. The van der Waals surface area contributed by atoms with Gasteiger partial charge < -0.3 is 15.0 Å². The van der Waals surface area contributed by atoms with Crippen LogP contribution in [-0.2, 0) is 4.74 Å². The number of nitrogens with one attached hydrogen (secondary N) is 1. The molecule has 118 valence electrons. The Morgan fingerprint density at radius 2 is 2.23 bits per heavy atom. The monoisotopic (exact) mass is 301 g/mol. The Bertz CT molecular complexity index is 543. The molecule has 1 aromatic heterocycles. The second kappa shape index (κ2) is 7.81. The van der Waals surface area contributed by atoms with Gasteiger partial charge in [-0.15, -0.1) is 12.3 Å². The molecule has 1 N–H and O–H groups in total. The molecule has 1 fully saturated rings. The number of ether oxygens (including phenoxy) is 1. The highest BCUT2D eigenvalue weighted by Gasteiger charge is 2.23. The van der Waals surface area contributed by atoms with Gasteiger partial charge in [-0.1, -0.05) is 0 Å². The lowest BCUT2D eigenvalue weighted by Crippen LogP contribution is -2.45. The minimum Gasteiger partial charge on any atom is -0.372 e. The number of anilines is 1. The second-order valence-electron chi connectivity index (χ2n) is 5.63. The lowest BCUT2D eigenvalue weighted by atomic mass is 10.2. The summed E-state index contributed by atoms with van der Waals surface area (Å²) >= 11 is 0. The van der Waals surface area contributed by atoms with Crippen molar-refractivity contribution in [2.24, 2.45) is 0 Å². The summed E-state index contributed by atoms with van der Waals surface area (Å²) in [4.78, 5) is 18.5. The first-order valence-corrected chi connectivity index (χ1v) is 7.68. The summed E-state index contributed by atoms with van der Waals surface area (Å²) in [7, 11) is 0. The molecule has 0 radical (unpaired) electrons. The van der Waals surface area contributed by atoms with E-state index in [1.807, 2.05) is 12.1 Å². The predicted molar refractivity (Wildman–Crippen MR) is 86.9 cm³/mol. The van der Waals surface area contributed by atoms with Gasteiger partial charge in [-0.3, -0.25) is 9.78 Å². The number of unbranched alkanes of at least 4 members (excludes halogenated alkanes) is 1. The third-order valence-corrected chi connectivity index (χ3v) is 3.54. The van der Waals surface area contributed by atoms with Crippen molar-refractivity contribution in [1.82, 2.24) is 10.3 Å². The molecule has 0 spiro atoms. The summed E-state index contributed by atoms with van der Waals surface area (Å²) in [6.45, 7) is 6.32. The van der Waals surface area contributed by atoms with E-state index >= 15 is 0 Å². The van der Waals surface area contributed by atoms with Crippen LogP contribution in [0.25, 0.3) is 0 Å². The molecule has 0 bridgehead atoms. The molecule has 1 aliphatic heterocycles. The third-order valence-electron chi connectivity index (χ3n) is 3.54. The summed E-state index contributed by atoms with van der Waals surface area (Å²) < 4.78 is 5.74. The Morgan fingerprint density at radius 1 is 1.50 bits per heavy atom. The van der Waals surface area contributed by atoms with Crippen molar-refractivity contribution in [1.29, 1.82) is 0 Å². The molecule has 22 heavy (non-hydrogen) atoms. The van der Waals surface area contributed by atoms with Crippen LogP contribution in [0.2, 0.25) is 0 Å². The highest BCUT2D eigenvalue weighted by molar-refractivity contribution is 5.93. The van der Waals surface area contributed by atoms with Gasteiger partial charge in [-0.05, 0) is 32.4 Å². The fourth-order valence-electron chi connectivity index (χ4n) is 2.61. The topological polar surface area (TPSA) is 54.5 Å². The summed E-state index contributed by atoms with van der Waals surface area (Å²) in [6.07, 6.45) is 8.67. The van der Waals surface area contributed by atoms with Crippen LogP contribution in [0.15, 0.2) is 18.3 Å². The van der Waals surface area contributed by atoms with Gasteiger partial charge in [0, 0.05) is 37.9 Å². The number of hydrogen-bond acceptors (Lipinski definition) is 4. The van der Waals surface area contributed by atoms with E-state index < -0.39 is 0 Å². The molecule has 1 saturated heterocycles. The van der Waals surface area contributed by atoms with Gasteiger partial charge in [0.2, 0.25) is 0 Å². The van der Waals surface area contributed by atoms with E-state index in [9.17, 15) is 4.79 Å². The van der Waals surface area contributed by atoms with Crippen LogP contribution in [-0.4, -0.2) is 42.7 Å². The Hall–Kier alpha value is -2.06. The first kappa shape index (κ1) is 16.3. The zero-order valence-corrected chi connectivity index (χ0v) is 13.2. The number of amides is 1. The van der Waals surface area contributed by atoms with Crippen molar-refractivity contribution in [3.63, 3.8) is 0 Å². The van der Waals surface area contributed by atoms with Crippen LogP contribution in [0.4, 0.5) is 5.69 Å². The Morgan fingerprint density at radius 3 is 2.91 bits per heavy atom. The Balaban J connectivity index is 2.00. The molecule has 0 aliphatic carbocycles. The van der Waals surface area contributed by atoms with E-state index in [-0.39, 0.29) is 18.1 Å². The van der Waals surface area contributed by atoms with Gasteiger partial charge in [-0.2, -0.15) is 0 Å². The zero-order valence-electron chi connectivity index (χ0n) is 13.2. The predicted octanol–water partition coefficient (Wildman–Crippen LogP) is 1.84. The number of pyridine rings is 1. The van der Waals surface area contributed by atoms with E-state index in [1.54, 1.807) is 6.20 Å². The Labute approximate surface area is 132 Å². The zero-order chi connectivity index (χ0) is 15.9. The highest BCUT2D eigenvalue weighted by atomic mass is 16.5. The molecule has 5 heteroatoms. The molecule has 0 saturated carbocycles. The molecule has 1 amide bonds. The van der Waals surface area contributed by atoms with Crippen molar-refractivity contribution >= 4 is 11.6 Å². The maximum atomic E-state index is 12.1. The highest BCUT2D eigenvalue weighted by Crippen LogP contribution is 2.20. The van der Waals surface area contributed by atoms with E-state index in [0.29, 0.717) is 18.7 Å². The van der Waals surface area contributed by atoms with E-state index in [2.05, 4.69) is 35.0 Å². The summed E-state index contributed by atoms with van der Waals surface area (Å²) in [5.41, 5.74) is 1.44. The average Bonchev–Trinajstić information content (AvgIpc) is 2.50. The van der Waals surface area contributed by atoms with E-state index in [0.717, 1.165) is 25.2 Å². The SMILES string of the molecule is C#CCCCNC(=O)c1cc(N2C[C@H](C)O[C@@H](C)C2)ccn1. The van der Waals surface area contributed by atoms with E-state index in [4.69, 9.17) is 11.2 Å². The Kier molecular flexibility index (Phi) is 5.79. The van der Waals surface area contributed by atoms with Crippen LogP contribution in [0, 0.1) is 12.3 Å². The average molecular weight is 301 g/mol. The van der Waals surface area contributed by atoms with Crippen LogP contribution in [0.5, 0.6) is 0 Å². The number of carbonyl (C=O) groups excluding carboxylic acids is 1. The first-order valence-electron chi connectivity index (χ1n) is 7.68. The first-order chi connectivity index (χ1) is 10.6. The summed E-state index contributed by atoms with van der Waals surface area (Å²) in [6, 6.07) is 3.77. The minimum absolute atomic E-state index is 0.159. The van der Waals surface area contributed by atoms with Gasteiger partial charge >= 0.3 is 0 Å². The molecule has 2 heterocycles. The maximum Gasteiger partial charge on any atom is 0.269 e. The smallest absolute Gasteiger partial charge is 0.269 e. The van der Waals surface area contributed by atoms with Crippen molar-refractivity contribution in [3.8, 4) is 12.3 Å². The van der Waals surface area contributed by atoms with Crippen LogP contribution in [0.3, 0.4) is 0 Å². The summed E-state index contributed by atoms with van der Waals surface area (Å²) in [5, 5.41) is 2.84. The molecule has 5 nitrogen and oxygen atoms in total. The lowest BCUT2D eigenvalue weighted by molar-refractivity contribution is -0.00522. The van der Waals surface area contributed by atoms with Crippen LogP contribution >= 0.6 is 0 Å². The standard InChI is InChI=1S/C17H23N3O2/c1-4-5-6-8-19-17(21)16-10-15(7-9-18-16)20-11-13(2)22-14(3)12-20/h1,7,9-10,13-14H,5-6,8,11-12H2,2-3H3,(H,19,21)/t13-,14-/m0/s1. The lowest BCUT2D eigenvalue weighted by Gasteiger charge is -2.36. The molecule has 1 aliphatic rings. The van der Waals surface area contributed by atoms with Crippen LogP contribution < -0.4 is 10.2 Å². The largest absolute Gasteiger partial charge is 0.372 e. The van der Waals surface area contributed by atoms with Crippen molar-refractivity contribution in [2.45, 2.75) is 38.9 Å². The van der Waals surface area contributed by atoms with Crippen molar-refractivity contribution in [3.05, 3.63) is 24.0 Å². The van der Waals surface area contributed by atoms with Crippen LogP contribution in [0.1, 0.15) is 37.2 Å². The molecule has 1 aromatic rings. The quantitative estimate of drug-likeness (QED) is 0.666. The van der Waals surface area contributed by atoms with Gasteiger partial charge in [0.05, 0.1) is 12.2 Å². The molecular weight excluding hydrogens is 278 g/mol. The van der Waals surface area contributed by atoms with Gasteiger partial charge in [0.1, 0.15) is 5.69 Å². The fraction of sp³-hybridized carbons (Fsp3) is 0.529.